The van der Waals surface area contributed by atoms with Crippen molar-refractivity contribution in [2.75, 3.05) is 6.61 Å². The molecule has 4 aromatic rings. The number of aromatic nitrogens is 3. The fourth-order valence-electron chi connectivity index (χ4n) is 3.42. The Kier molecular flexibility index (Phi) is 7.09. The third-order valence-electron chi connectivity index (χ3n) is 5.24. The van der Waals surface area contributed by atoms with Crippen LogP contribution in [0.4, 0.5) is 0 Å². The van der Waals surface area contributed by atoms with E-state index >= 15 is 0 Å². The standard InChI is InChI=1S/C25H26N4O3/c1-18(32-16-19-6-3-2-4-7-19)22(29-25(30)24-15-26-17-28-24)11-13-31-21-9-10-23-20(14-21)8-5-12-27-23/h2-10,12,14-15,17-18,22H,11,13,16H2,1H3,(H,26,28)(H,29,30)/t18-,22+/m0/s1. The Morgan fingerprint density at radius 2 is 1.97 bits per heavy atom. The third-order valence-corrected chi connectivity index (χ3v) is 5.24. The number of H-pyrrole nitrogens is 1. The maximum absolute atomic E-state index is 12.6. The molecule has 2 N–H and O–H groups in total. The van der Waals surface area contributed by atoms with Gasteiger partial charge in [0.05, 0.1) is 37.2 Å². The molecular weight excluding hydrogens is 404 g/mol. The van der Waals surface area contributed by atoms with Crippen LogP contribution in [0.5, 0.6) is 5.75 Å². The number of nitrogens with zero attached hydrogens (tertiary/aromatic N) is 2. The second-order valence-corrected chi connectivity index (χ2v) is 7.53. The first-order valence-corrected chi connectivity index (χ1v) is 10.6. The first-order valence-electron chi connectivity index (χ1n) is 10.6. The van der Waals surface area contributed by atoms with Gasteiger partial charge in [0.1, 0.15) is 11.4 Å². The van der Waals surface area contributed by atoms with Crippen molar-refractivity contribution < 1.29 is 14.3 Å². The average Bonchev–Trinajstić information content (AvgIpc) is 3.38. The summed E-state index contributed by atoms with van der Waals surface area (Å²) in [6.07, 6.45) is 5.18. The fourth-order valence-corrected chi connectivity index (χ4v) is 3.42. The maximum Gasteiger partial charge on any atom is 0.271 e. The Balaban J connectivity index is 1.38. The van der Waals surface area contributed by atoms with Crippen molar-refractivity contribution in [3.05, 3.63) is 90.6 Å². The lowest BCUT2D eigenvalue weighted by Gasteiger charge is -2.25. The number of imidazole rings is 1. The molecule has 0 spiro atoms. The van der Waals surface area contributed by atoms with E-state index in [4.69, 9.17) is 9.47 Å². The quantitative estimate of drug-likeness (QED) is 0.395. The van der Waals surface area contributed by atoms with Crippen LogP contribution in [-0.4, -0.2) is 39.6 Å². The molecule has 0 aliphatic heterocycles. The van der Waals surface area contributed by atoms with Crippen molar-refractivity contribution in [1.82, 2.24) is 20.3 Å². The number of fused-ring (bicyclic) bond motifs is 1. The largest absolute Gasteiger partial charge is 0.493 e. The molecule has 1 amide bonds. The predicted molar refractivity (Wildman–Crippen MR) is 122 cm³/mol. The van der Waals surface area contributed by atoms with Crippen molar-refractivity contribution in [1.29, 1.82) is 0 Å². The van der Waals surface area contributed by atoms with Gasteiger partial charge in [-0.25, -0.2) is 4.98 Å². The molecule has 0 aliphatic rings. The van der Waals surface area contributed by atoms with Gasteiger partial charge in [0.2, 0.25) is 0 Å². The number of carbonyl (C=O) groups is 1. The Bertz CT molecular complexity index is 1130. The first-order chi connectivity index (χ1) is 15.7. The summed E-state index contributed by atoms with van der Waals surface area (Å²) in [5, 5.41) is 4.06. The highest BCUT2D eigenvalue weighted by molar-refractivity contribution is 5.92. The number of hydrogen-bond donors (Lipinski definition) is 2. The van der Waals surface area contributed by atoms with Gasteiger partial charge in [-0.2, -0.15) is 0 Å². The van der Waals surface area contributed by atoms with E-state index in [1.807, 2.05) is 67.6 Å². The molecule has 0 fully saturated rings. The normalized spacial score (nSPS) is 12.9. The summed E-state index contributed by atoms with van der Waals surface area (Å²) >= 11 is 0. The molecule has 0 radical (unpaired) electrons. The Hall–Kier alpha value is -3.71. The smallest absolute Gasteiger partial charge is 0.271 e. The van der Waals surface area contributed by atoms with Gasteiger partial charge in [-0.15, -0.1) is 0 Å². The number of ether oxygens (including phenoxy) is 2. The minimum absolute atomic E-state index is 0.220. The summed E-state index contributed by atoms with van der Waals surface area (Å²) in [5.41, 5.74) is 2.35. The van der Waals surface area contributed by atoms with E-state index in [9.17, 15) is 4.79 Å². The number of carbonyl (C=O) groups excluding carboxylic acids is 1. The monoisotopic (exact) mass is 430 g/mol. The van der Waals surface area contributed by atoms with Gasteiger partial charge in [-0.3, -0.25) is 9.78 Å². The third kappa shape index (κ3) is 5.70. The molecule has 2 aromatic carbocycles. The van der Waals surface area contributed by atoms with Gasteiger partial charge >= 0.3 is 0 Å². The van der Waals surface area contributed by atoms with Gasteiger partial charge in [0.15, 0.2) is 0 Å². The highest BCUT2D eigenvalue weighted by Gasteiger charge is 2.22. The Labute approximate surface area is 186 Å². The zero-order chi connectivity index (χ0) is 22.2. The van der Waals surface area contributed by atoms with Gasteiger partial charge in [-0.1, -0.05) is 36.4 Å². The van der Waals surface area contributed by atoms with E-state index < -0.39 is 0 Å². The van der Waals surface area contributed by atoms with Crippen LogP contribution in [0.2, 0.25) is 0 Å². The van der Waals surface area contributed by atoms with Crippen LogP contribution < -0.4 is 10.1 Å². The second-order valence-electron chi connectivity index (χ2n) is 7.53. The molecule has 4 rings (SSSR count). The van der Waals surface area contributed by atoms with Gasteiger partial charge in [0.25, 0.3) is 5.91 Å². The number of hydrogen-bond acceptors (Lipinski definition) is 5. The summed E-state index contributed by atoms with van der Waals surface area (Å²) < 4.78 is 12.0. The SMILES string of the molecule is C[C@H](OCc1ccccc1)[C@@H](CCOc1ccc2ncccc2c1)NC(=O)c1c[nH]cn1. The van der Waals surface area contributed by atoms with Crippen molar-refractivity contribution in [2.24, 2.45) is 0 Å². The number of benzene rings is 2. The van der Waals surface area contributed by atoms with Gasteiger partial charge < -0.3 is 19.8 Å². The lowest BCUT2D eigenvalue weighted by Crippen LogP contribution is -2.44. The van der Waals surface area contributed by atoms with Crippen molar-refractivity contribution in [2.45, 2.75) is 32.1 Å². The summed E-state index contributed by atoms with van der Waals surface area (Å²) in [6.45, 7) is 2.85. The van der Waals surface area contributed by atoms with Crippen molar-refractivity contribution >= 4 is 16.8 Å². The average molecular weight is 431 g/mol. The number of pyridine rings is 1. The van der Waals surface area contributed by atoms with E-state index in [2.05, 4.69) is 20.3 Å². The van der Waals surface area contributed by atoms with Crippen LogP contribution in [0.25, 0.3) is 10.9 Å². The maximum atomic E-state index is 12.6. The van der Waals surface area contributed by atoms with Crippen LogP contribution in [-0.2, 0) is 11.3 Å². The summed E-state index contributed by atoms with van der Waals surface area (Å²) in [7, 11) is 0. The lowest BCUT2D eigenvalue weighted by molar-refractivity contribution is 0.0212. The molecule has 2 aromatic heterocycles. The zero-order valence-electron chi connectivity index (χ0n) is 17.9. The topological polar surface area (TPSA) is 89.1 Å². The van der Waals surface area contributed by atoms with Crippen LogP contribution in [0.15, 0.2) is 79.4 Å². The van der Waals surface area contributed by atoms with Crippen LogP contribution in [0.3, 0.4) is 0 Å². The molecule has 7 nitrogen and oxygen atoms in total. The molecule has 2 atom stereocenters. The molecule has 0 unspecified atom stereocenters. The lowest BCUT2D eigenvalue weighted by atomic mass is 10.1. The molecule has 2 heterocycles. The molecule has 164 valence electrons. The molecule has 32 heavy (non-hydrogen) atoms. The van der Waals surface area contributed by atoms with Crippen molar-refractivity contribution in [3.63, 3.8) is 0 Å². The molecule has 7 heteroatoms. The summed E-state index contributed by atoms with van der Waals surface area (Å²) in [4.78, 5) is 23.7. The number of amides is 1. The Morgan fingerprint density at radius 1 is 1.09 bits per heavy atom. The molecule has 0 saturated heterocycles. The van der Waals surface area contributed by atoms with E-state index in [-0.39, 0.29) is 18.1 Å². The number of rotatable bonds is 10. The zero-order valence-corrected chi connectivity index (χ0v) is 17.9. The van der Waals surface area contributed by atoms with Crippen LogP contribution in [0, 0.1) is 0 Å². The van der Waals surface area contributed by atoms with Gasteiger partial charge in [-0.05, 0) is 36.8 Å². The first kappa shape index (κ1) is 21.5. The minimum atomic E-state index is -0.247. The van der Waals surface area contributed by atoms with Gasteiger partial charge in [0, 0.05) is 24.2 Å². The highest BCUT2D eigenvalue weighted by Crippen LogP contribution is 2.19. The van der Waals surface area contributed by atoms with Crippen molar-refractivity contribution in [3.8, 4) is 5.75 Å². The second kappa shape index (κ2) is 10.5. The minimum Gasteiger partial charge on any atom is -0.493 e. The van der Waals surface area contributed by atoms with Crippen LogP contribution >= 0.6 is 0 Å². The molecule has 0 aliphatic carbocycles. The molecular formula is C25H26N4O3. The summed E-state index contributed by atoms with van der Waals surface area (Å²) in [6, 6.07) is 19.4. The molecule has 0 saturated carbocycles. The highest BCUT2D eigenvalue weighted by atomic mass is 16.5. The van der Waals surface area contributed by atoms with E-state index in [1.165, 1.54) is 6.33 Å². The fraction of sp³-hybridized carbons (Fsp3) is 0.240. The van der Waals surface area contributed by atoms with Crippen LogP contribution in [0.1, 0.15) is 29.4 Å². The molecule has 0 bridgehead atoms. The number of aromatic amines is 1. The Morgan fingerprint density at radius 3 is 2.78 bits per heavy atom. The van der Waals surface area contributed by atoms with E-state index in [0.717, 1.165) is 22.2 Å². The summed E-state index contributed by atoms with van der Waals surface area (Å²) in [5.74, 6) is 0.518. The van der Waals surface area contributed by atoms with E-state index in [0.29, 0.717) is 25.3 Å². The number of nitrogens with one attached hydrogen (secondary N) is 2. The van der Waals surface area contributed by atoms with E-state index in [1.54, 1.807) is 12.4 Å². The predicted octanol–water partition coefficient (Wildman–Crippen LogP) is 4.13.